The van der Waals surface area contributed by atoms with E-state index in [1.165, 1.54) is 23.3 Å². The van der Waals surface area contributed by atoms with E-state index in [0.717, 1.165) is 24.8 Å². The average Bonchev–Trinajstić information content (AvgIpc) is 2.67. The number of hydrogen-bond donors (Lipinski definition) is 2. The molecule has 5 heteroatoms. The molecular weight excluding hydrogens is 282 g/mol. The van der Waals surface area contributed by atoms with Gasteiger partial charge in [0, 0.05) is 23.8 Å². The lowest BCUT2D eigenvalue weighted by Gasteiger charge is -2.07. The number of carbonyl (C=O) groups excluding carboxylic acids is 1. The first kappa shape index (κ1) is 14.1. The first-order valence-corrected chi connectivity index (χ1v) is 8.14. The van der Waals surface area contributed by atoms with Crippen LogP contribution < -0.4 is 11.1 Å². The maximum Gasteiger partial charge on any atom is 0.254 e. The number of thiophene rings is 1. The Labute approximate surface area is 128 Å². The Kier molecular flexibility index (Phi) is 4.20. The molecule has 0 bridgehead atoms. The summed E-state index contributed by atoms with van der Waals surface area (Å²) in [5.74, 6) is -0.0595. The van der Waals surface area contributed by atoms with Crippen molar-refractivity contribution in [2.24, 2.45) is 0 Å². The Morgan fingerprint density at radius 2 is 2.19 bits per heavy atom. The van der Waals surface area contributed by atoms with E-state index in [1.807, 2.05) is 12.1 Å². The lowest BCUT2D eigenvalue weighted by Crippen LogP contribution is -2.24. The minimum absolute atomic E-state index is 0.0595. The summed E-state index contributed by atoms with van der Waals surface area (Å²) in [5, 5.41) is 3.62. The van der Waals surface area contributed by atoms with Gasteiger partial charge in [0.05, 0.1) is 10.6 Å². The number of rotatable bonds is 3. The summed E-state index contributed by atoms with van der Waals surface area (Å²) in [5.41, 5.74) is 8.97. The van der Waals surface area contributed by atoms with Crippen LogP contribution in [-0.2, 0) is 19.4 Å². The highest BCUT2D eigenvalue weighted by atomic mass is 32.1. The van der Waals surface area contributed by atoms with Crippen molar-refractivity contribution < 1.29 is 4.79 Å². The van der Waals surface area contributed by atoms with Gasteiger partial charge in [0.1, 0.15) is 0 Å². The van der Waals surface area contributed by atoms with E-state index in [9.17, 15) is 4.79 Å². The molecule has 0 unspecified atom stereocenters. The Morgan fingerprint density at radius 1 is 1.33 bits per heavy atom. The van der Waals surface area contributed by atoms with Crippen molar-refractivity contribution in [1.29, 1.82) is 0 Å². The number of fused-ring (bicyclic) bond motifs is 1. The lowest BCUT2D eigenvalue weighted by molar-refractivity contribution is 0.0951. The molecular formula is C16H19N3OS. The Bertz CT molecular complexity index is 636. The first-order valence-electron chi connectivity index (χ1n) is 7.33. The molecule has 0 aromatic carbocycles. The number of nitrogens with one attached hydrogen (secondary N) is 1. The summed E-state index contributed by atoms with van der Waals surface area (Å²) in [7, 11) is 0. The summed E-state index contributed by atoms with van der Waals surface area (Å²) in [6.45, 7) is 0.483. The largest absolute Gasteiger partial charge is 0.390 e. The van der Waals surface area contributed by atoms with Crippen LogP contribution in [0.15, 0.2) is 24.5 Å². The lowest BCUT2D eigenvalue weighted by atomic mass is 10.0. The van der Waals surface area contributed by atoms with Crippen LogP contribution in [0.1, 0.15) is 45.6 Å². The molecule has 4 nitrogen and oxygen atoms in total. The van der Waals surface area contributed by atoms with Gasteiger partial charge < -0.3 is 11.1 Å². The quantitative estimate of drug-likeness (QED) is 0.857. The number of hydrogen-bond acceptors (Lipinski definition) is 4. The Balaban J connectivity index is 1.77. The van der Waals surface area contributed by atoms with Crippen LogP contribution in [0.5, 0.6) is 0 Å². The third-order valence-corrected chi connectivity index (χ3v) is 4.97. The monoisotopic (exact) mass is 301 g/mol. The molecule has 0 atom stereocenters. The normalized spacial score (nSPS) is 14.3. The highest BCUT2D eigenvalue weighted by Gasteiger charge is 2.22. The van der Waals surface area contributed by atoms with Crippen LogP contribution in [0, 0.1) is 0 Å². The second-order valence-electron chi connectivity index (χ2n) is 5.35. The maximum absolute atomic E-state index is 12.5. The second kappa shape index (κ2) is 6.26. The van der Waals surface area contributed by atoms with Gasteiger partial charge in [-0.15, -0.1) is 11.3 Å². The molecule has 1 aliphatic rings. The SMILES string of the molecule is Nc1sc2c(c1C(=O)NCc1cccnc1)CCCCC2. The van der Waals surface area contributed by atoms with Gasteiger partial charge in [0.2, 0.25) is 0 Å². The van der Waals surface area contributed by atoms with Crippen LogP contribution >= 0.6 is 11.3 Å². The topological polar surface area (TPSA) is 68.0 Å². The van der Waals surface area contributed by atoms with Crippen LogP contribution in [0.4, 0.5) is 5.00 Å². The van der Waals surface area contributed by atoms with Gasteiger partial charge in [0.15, 0.2) is 0 Å². The van der Waals surface area contributed by atoms with Crippen molar-refractivity contribution in [2.45, 2.75) is 38.6 Å². The molecule has 0 radical (unpaired) electrons. The summed E-state index contributed by atoms with van der Waals surface area (Å²) in [6.07, 6.45) is 9.09. The minimum atomic E-state index is -0.0595. The zero-order valence-electron chi connectivity index (χ0n) is 11.9. The van der Waals surface area contributed by atoms with Crippen molar-refractivity contribution >= 4 is 22.2 Å². The van der Waals surface area contributed by atoms with Crippen LogP contribution in [0.25, 0.3) is 0 Å². The number of nitrogen functional groups attached to an aromatic ring is 1. The van der Waals surface area contributed by atoms with E-state index in [2.05, 4.69) is 10.3 Å². The molecule has 0 spiro atoms. The fraction of sp³-hybridized carbons (Fsp3) is 0.375. The van der Waals surface area contributed by atoms with E-state index in [4.69, 9.17) is 5.73 Å². The molecule has 3 rings (SSSR count). The fourth-order valence-corrected chi connectivity index (χ4v) is 3.94. The highest BCUT2D eigenvalue weighted by molar-refractivity contribution is 7.16. The van der Waals surface area contributed by atoms with E-state index < -0.39 is 0 Å². The summed E-state index contributed by atoms with van der Waals surface area (Å²) < 4.78 is 0. The van der Waals surface area contributed by atoms with Crippen molar-refractivity contribution in [3.05, 3.63) is 46.1 Å². The number of nitrogens with two attached hydrogens (primary N) is 1. The molecule has 110 valence electrons. The smallest absolute Gasteiger partial charge is 0.254 e. The van der Waals surface area contributed by atoms with Crippen LogP contribution in [0.3, 0.4) is 0 Å². The highest BCUT2D eigenvalue weighted by Crippen LogP contribution is 2.35. The van der Waals surface area contributed by atoms with E-state index in [-0.39, 0.29) is 5.91 Å². The third kappa shape index (κ3) is 3.08. The average molecular weight is 301 g/mol. The Morgan fingerprint density at radius 3 is 3.00 bits per heavy atom. The summed E-state index contributed by atoms with van der Waals surface area (Å²) in [4.78, 5) is 17.8. The minimum Gasteiger partial charge on any atom is -0.390 e. The molecule has 0 fully saturated rings. The predicted molar refractivity (Wildman–Crippen MR) is 85.4 cm³/mol. The predicted octanol–water partition coefficient (Wildman–Crippen LogP) is 2.92. The van der Waals surface area contributed by atoms with Gasteiger partial charge in [-0.1, -0.05) is 12.5 Å². The number of anilines is 1. The molecule has 1 amide bonds. The van der Waals surface area contributed by atoms with Crippen molar-refractivity contribution in [3.8, 4) is 0 Å². The maximum atomic E-state index is 12.5. The number of carbonyl (C=O) groups is 1. The van der Waals surface area contributed by atoms with Gasteiger partial charge in [-0.2, -0.15) is 0 Å². The molecule has 2 heterocycles. The van der Waals surface area contributed by atoms with Crippen molar-refractivity contribution in [2.75, 3.05) is 5.73 Å². The number of pyridine rings is 1. The molecule has 0 saturated carbocycles. The van der Waals surface area contributed by atoms with E-state index >= 15 is 0 Å². The molecule has 0 saturated heterocycles. The molecule has 21 heavy (non-hydrogen) atoms. The van der Waals surface area contributed by atoms with Crippen LogP contribution in [-0.4, -0.2) is 10.9 Å². The summed E-state index contributed by atoms with van der Waals surface area (Å²) >= 11 is 1.58. The molecule has 2 aromatic heterocycles. The van der Waals surface area contributed by atoms with Gasteiger partial charge in [0.25, 0.3) is 5.91 Å². The standard InChI is InChI=1S/C16H19N3OS/c17-15-14(12-6-2-1-3-7-13(12)21-15)16(20)19-10-11-5-4-8-18-9-11/h4-5,8-9H,1-3,6-7,10,17H2,(H,19,20). The van der Waals surface area contributed by atoms with Gasteiger partial charge in [-0.3, -0.25) is 9.78 Å². The number of nitrogens with zero attached hydrogens (tertiary/aromatic N) is 1. The molecule has 1 aliphatic carbocycles. The van der Waals surface area contributed by atoms with Crippen molar-refractivity contribution in [3.63, 3.8) is 0 Å². The van der Waals surface area contributed by atoms with Gasteiger partial charge >= 0.3 is 0 Å². The van der Waals surface area contributed by atoms with E-state index in [0.29, 0.717) is 17.1 Å². The number of aromatic nitrogens is 1. The Hall–Kier alpha value is -1.88. The van der Waals surface area contributed by atoms with Crippen LogP contribution in [0.2, 0.25) is 0 Å². The first-order chi connectivity index (χ1) is 10.3. The van der Waals surface area contributed by atoms with Crippen molar-refractivity contribution in [1.82, 2.24) is 10.3 Å². The number of amides is 1. The number of aryl methyl sites for hydroxylation is 1. The van der Waals surface area contributed by atoms with E-state index in [1.54, 1.807) is 23.7 Å². The molecule has 2 aromatic rings. The van der Waals surface area contributed by atoms with Gasteiger partial charge in [-0.05, 0) is 42.9 Å². The van der Waals surface area contributed by atoms with Gasteiger partial charge in [-0.25, -0.2) is 0 Å². The molecule has 3 N–H and O–H groups in total. The zero-order valence-corrected chi connectivity index (χ0v) is 12.7. The fourth-order valence-electron chi connectivity index (χ4n) is 2.79. The molecule has 0 aliphatic heterocycles. The summed E-state index contributed by atoms with van der Waals surface area (Å²) in [6, 6.07) is 3.82. The second-order valence-corrected chi connectivity index (χ2v) is 6.48. The third-order valence-electron chi connectivity index (χ3n) is 3.85. The zero-order chi connectivity index (χ0) is 14.7.